The van der Waals surface area contributed by atoms with Crippen LogP contribution in [0.5, 0.6) is 0 Å². The standard InChI is InChI=1S/C14H18BrNO3/c1-14(2,3)12(13(18)19)16-11(17)8-9-4-6-10(15)7-5-9/h4-7,12H,8H2,1-3H3,(H,16,17)(H,18,19)/t12-/m0/s1. The molecule has 5 heteroatoms. The fraction of sp³-hybridized carbons (Fsp3) is 0.429. The zero-order valence-corrected chi connectivity index (χ0v) is 12.8. The van der Waals surface area contributed by atoms with Crippen LogP contribution in [0.4, 0.5) is 0 Å². The average molecular weight is 328 g/mol. The third kappa shape index (κ3) is 5.03. The first-order chi connectivity index (χ1) is 8.70. The molecule has 1 aromatic carbocycles. The maximum atomic E-state index is 11.9. The van der Waals surface area contributed by atoms with Crippen molar-refractivity contribution in [2.45, 2.75) is 33.2 Å². The van der Waals surface area contributed by atoms with Gasteiger partial charge in [-0.3, -0.25) is 4.79 Å². The largest absolute Gasteiger partial charge is 0.480 e. The third-order valence-electron chi connectivity index (χ3n) is 2.70. The number of carboxylic acid groups (broad SMARTS) is 1. The van der Waals surface area contributed by atoms with Crippen LogP contribution < -0.4 is 5.32 Å². The lowest BCUT2D eigenvalue weighted by atomic mass is 9.86. The lowest BCUT2D eigenvalue weighted by Gasteiger charge is -2.27. The van der Waals surface area contributed by atoms with Crippen LogP contribution >= 0.6 is 15.9 Å². The maximum Gasteiger partial charge on any atom is 0.326 e. The number of carbonyl (C=O) groups excluding carboxylic acids is 1. The molecule has 0 aromatic heterocycles. The van der Waals surface area contributed by atoms with Gasteiger partial charge in [0.15, 0.2) is 0 Å². The monoisotopic (exact) mass is 327 g/mol. The molecule has 0 radical (unpaired) electrons. The SMILES string of the molecule is CC(C)(C)[C@@H](NC(=O)Cc1ccc(Br)cc1)C(=O)O. The summed E-state index contributed by atoms with van der Waals surface area (Å²) in [6, 6.07) is 6.46. The second-order valence-corrected chi connectivity index (χ2v) is 6.42. The van der Waals surface area contributed by atoms with E-state index >= 15 is 0 Å². The van der Waals surface area contributed by atoms with Crippen molar-refractivity contribution < 1.29 is 14.7 Å². The Balaban J connectivity index is 2.68. The number of hydrogen-bond donors (Lipinski definition) is 2. The molecule has 0 fully saturated rings. The Kier molecular flexibility index (Phi) is 5.11. The molecule has 0 spiro atoms. The predicted octanol–water partition coefficient (Wildman–Crippen LogP) is 2.61. The van der Waals surface area contributed by atoms with Gasteiger partial charge in [-0.25, -0.2) is 4.79 Å². The molecule has 19 heavy (non-hydrogen) atoms. The fourth-order valence-electron chi connectivity index (χ4n) is 1.65. The molecule has 1 rings (SSSR count). The Morgan fingerprint density at radius 2 is 1.79 bits per heavy atom. The van der Waals surface area contributed by atoms with Gasteiger partial charge >= 0.3 is 5.97 Å². The van der Waals surface area contributed by atoms with Crippen molar-refractivity contribution in [3.05, 3.63) is 34.3 Å². The van der Waals surface area contributed by atoms with Gasteiger partial charge in [0, 0.05) is 4.47 Å². The number of halogens is 1. The van der Waals surface area contributed by atoms with E-state index in [1.54, 1.807) is 20.8 Å². The lowest BCUT2D eigenvalue weighted by Crippen LogP contribution is -2.49. The van der Waals surface area contributed by atoms with Gasteiger partial charge in [-0.05, 0) is 23.1 Å². The van der Waals surface area contributed by atoms with Crippen molar-refractivity contribution in [3.63, 3.8) is 0 Å². The van der Waals surface area contributed by atoms with Gasteiger partial charge in [0.2, 0.25) is 5.91 Å². The molecule has 0 aliphatic heterocycles. The van der Waals surface area contributed by atoms with Gasteiger partial charge in [0.25, 0.3) is 0 Å². The predicted molar refractivity (Wildman–Crippen MR) is 76.9 cm³/mol. The highest BCUT2D eigenvalue weighted by atomic mass is 79.9. The second kappa shape index (κ2) is 6.19. The summed E-state index contributed by atoms with van der Waals surface area (Å²) in [5.41, 5.74) is 0.319. The van der Waals surface area contributed by atoms with E-state index in [1.165, 1.54) is 0 Å². The van der Waals surface area contributed by atoms with Crippen LogP contribution in [0.2, 0.25) is 0 Å². The smallest absolute Gasteiger partial charge is 0.326 e. The molecule has 104 valence electrons. The van der Waals surface area contributed by atoms with Crippen molar-refractivity contribution in [1.29, 1.82) is 0 Å². The molecular weight excluding hydrogens is 310 g/mol. The van der Waals surface area contributed by atoms with Crippen LogP contribution in [0.25, 0.3) is 0 Å². The van der Waals surface area contributed by atoms with Gasteiger partial charge in [0.1, 0.15) is 6.04 Å². The van der Waals surface area contributed by atoms with Crippen molar-refractivity contribution in [2.75, 3.05) is 0 Å². The zero-order chi connectivity index (χ0) is 14.6. The quantitative estimate of drug-likeness (QED) is 0.893. The van der Waals surface area contributed by atoms with Crippen LogP contribution in [0, 0.1) is 5.41 Å². The van der Waals surface area contributed by atoms with Gasteiger partial charge in [0.05, 0.1) is 6.42 Å². The number of amides is 1. The molecule has 2 N–H and O–H groups in total. The minimum atomic E-state index is -1.02. The summed E-state index contributed by atoms with van der Waals surface area (Å²) < 4.78 is 0.940. The number of hydrogen-bond acceptors (Lipinski definition) is 2. The first-order valence-corrected chi connectivity index (χ1v) is 6.76. The number of carboxylic acids is 1. The highest BCUT2D eigenvalue weighted by Gasteiger charge is 2.32. The van der Waals surface area contributed by atoms with Crippen molar-refractivity contribution in [3.8, 4) is 0 Å². The number of carbonyl (C=O) groups is 2. The van der Waals surface area contributed by atoms with E-state index in [0.29, 0.717) is 0 Å². The first-order valence-electron chi connectivity index (χ1n) is 5.97. The number of nitrogens with one attached hydrogen (secondary N) is 1. The van der Waals surface area contributed by atoms with Crippen LogP contribution in [-0.2, 0) is 16.0 Å². The van der Waals surface area contributed by atoms with Crippen LogP contribution in [0.15, 0.2) is 28.7 Å². The topological polar surface area (TPSA) is 66.4 Å². The summed E-state index contributed by atoms with van der Waals surface area (Å²) in [5, 5.41) is 11.7. The summed E-state index contributed by atoms with van der Waals surface area (Å²) in [4.78, 5) is 23.0. The Hall–Kier alpha value is -1.36. The Morgan fingerprint density at radius 1 is 1.26 bits per heavy atom. The van der Waals surface area contributed by atoms with E-state index in [0.717, 1.165) is 10.0 Å². The van der Waals surface area contributed by atoms with Crippen molar-refractivity contribution in [1.82, 2.24) is 5.32 Å². The van der Waals surface area contributed by atoms with Gasteiger partial charge in [-0.1, -0.05) is 48.8 Å². The van der Waals surface area contributed by atoms with Crippen LogP contribution in [0.1, 0.15) is 26.3 Å². The van der Waals surface area contributed by atoms with Crippen LogP contribution in [-0.4, -0.2) is 23.0 Å². The Morgan fingerprint density at radius 3 is 2.21 bits per heavy atom. The maximum absolute atomic E-state index is 11.9. The molecule has 0 bridgehead atoms. The summed E-state index contributed by atoms with van der Waals surface area (Å²) in [5.74, 6) is -1.30. The molecule has 0 saturated heterocycles. The molecule has 1 aromatic rings. The third-order valence-corrected chi connectivity index (χ3v) is 3.22. The van der Waals surface area contributed by atoms with Gasteiger partial charge in [-0.15, -0.1) is 0 Å². The molecule has 0 aliphatic carbocycles. The second-order valence-electron chi connectivity index (χ2n) is 5.51. The van der Waals surface area contributed by atoms with Gasteiger partial charge in [-0.2, -0.15) is 0 Å². The molecule has 1 atom stereocenters. The van der Waals surface area contributed by atoms with Crippen LogP contribution in [0.3, 0.4) is 0 Å². The molecular formula is C14H18BrNO3. The first kappa shape index (κ1) is 15.7. The summed E-state index contributed by atoms with van der Waals surface area (Å²) in [6.07, 6.45) is 0.174. The highest BCUT2D eigenvalue weighted by molar-refractivity contribution is 9.10. The molecule has 0 heterocycles. The average Bonchev–Trinajstić information content (AvgIpc) is 2.27. The van der Waals surface area contributed by atoms with Gasteiger partial charge < -0.3 is 10.4 Å². The van der Waals surface area contributed by atoms with E-state index in [9.17, 15) is 9.59 Å². The number of benzene rings is 1. The Bertz CT molecular complexity index is 463. The summed E-state index contributed by atoms with van der Waals surface area (Å²) in [7, 11) is 0. The Labute approximate surface area is 121 Å². The van der Waals surface area contributed by atoms with E-state index in [-0.39, 0.29) is 12.3 Å². The van der Waals surface area contributed by atoms with Crippen molar-refractivity contribution >= 4 is 27.8 Å². The van der Waals surface area contributed by atoms with E-state index < -0.39 is 17.4 Å². The van der Waals surface area contributed by atoms with E-state index in [4.69, 9.17) is 5.11 Å². The van der Waals surface area contributed by atoms with E-state index in [2.05, 4.69) is 21.2 Å². The number of aliphatic carboxylic acids is 1. The zero-order valence-electron chi connectivity index (χ0n) is 11.2. The summed E-state index contributed by atoms with van der Waals surface area (Å²) in [6.45, 7) is 5.35. The lowest BCUT2D eigenvalue weighted by molar-refractivity contribution is -0.144. The molecule has 0 aliphatic rings. The highest BCUT2D eigenvalue weighted by Crippen LogP contribution is 2.19. The normalized spacial score (nSPS) is 12.8. The van der Waals surface area contributed by atoms with Crippen molar-refractivity contribution in [2.24, 2.45) is 5.41 Å². The molecule has 0 saturated carbocycles. The fourth-order valence-corrected chi connectivity index (χ4v) is 1.91. The molecule has 0 unspecified atom stereocenters. The molecule has 4 nitrogen and oxygen atoms in total. The minimum absolute atomic E-state index is 0.174. The van der Waals surface area contributed by atoms with E-state index in [1.807, 2.05) is 24.3 Å². The summed E-state index contributed by atoms with van der Waals surface area (Å²) >= 11 is 3.32. The minimum Gasteiger partial charge on any atom is -0.480 e. The molecule has 1 amide bonds. The number of rotatable bonds is 4.